The van der Waals surface area contributed by atoms with Crippen molar-refractivity contribution < 1.29 is 43.5 Å². The van der Waals surface area contributed by atoms with E-state index < -0.39 is 50.0 Å². The van der Waals surface area contributed by atoms with Crippen LogP contribution in [-0.2, 0) is 23.1 Å². The molecule has 2 fully saturated rings. The Morgan fingerprint density at radius 1 is 0.837 bits per heavy atom. The Morgan fingerprint density at radius 2 is 1.39 bits per heavy atom. The van der Waals surface area contributed by atoms with Gasteiger partial charge in [0.15, 0.2) is 6.23 Å². The van der Waals surface area contributed by atoms with Gasteiger partial charge < -0.3 is 44.7 Å². The van der Waals surface area contributed by atoms with Gasteiger partial charge in [-0.3, -0.25) is 14.0 Å². The highest BCUT2D eigenvalue weighted by atomic mass is 31.2. The second-order valence-electron chi connectivity index (χ2n) is 13.5. The van der Waals surface area contributed by atoms with Crippen molar-refractivity contribution in [1.29, 1.82) is 0 Å². The van der Waals surface area contributed by atoms with Crippen LogP contribution in [0.1, 0.15) is 109 Å². The molecule has 1 aromatic rings. The highest BCUT2D eigenvalue weighted by Crippen LogP contribution is 2.49. The number of nitrogen functional groups attached to an aromatic ring is 1. The second-order valence-corrected chi connectivity index (χ2v) is 15.7. The number of aromatic nitrogens is 2. The lowest BCUT2D eigenvalue weighted by atomic mass is 10.0. The maximum atomic E-state index is 13.8. The van der Waals surface area contributed by atoms with Crippen molar-refractivity contribution in [1.82, 2.24) is 14.5 Å². The van der Waals surface area contributed by atoms with E-state index in [9.17, 15) is 29.8 Å². The first-order valence-corrected chi connectivity index (χ1v) is 20.3. The third kappa shape index (κ3) is 15.4. The number of unbranched alkanes of at least 4 members (excludes halogenated alkanes) is 13. The van der Waals surface area contributed by atoms with Gasteiger partial charge in [0.25, 0.3) is 0 Å². The van der Waals surface area contributed by atoms with Crippen molar-refractivity contribution in [3.05, 3.63) is 22.7 Å². The summed E-state index contributed by atoms with van der Waals surface area (Å²) in [5.41, 5.74) is 4.80. The van der Waals surface area contributed by atoms with Gasteiger partial charge in [0.05, 0.1) is 31.6 Å². The second kappa shape index (κ2) is 23.2. The minimum atomic E-state index is -3.69. The Hall–Kier alpha value is -1.45. The zero-order valence-electron chi connectivity index (χ0n) is 29.5. The third-order valence-corrected chi connectivity index (χ3v) is 11.1. The van der Waals surface area contributed by atoms with E-state index in [1.165, 1.54) is 76.5 Å². The summed E-state index contributed by atoms with van der Waals surface area (Å²) in [5.74, 6) is 0.0114. The Labute approximate surface area is 291 Å². The predicted molar refractivity (Wildman–Crippen MR) is 187 cm³/mol. The number of hydrogen-bond acceptors (Lipinski definition) is 13. The Bertz CT molecular complexity index is 1140. The average Bonchev–Trinajstić information content (AvgIpc) is 3.55. The van der Waals surface area contributed by atoms with Crippen molar-refractivity contribution in [2.45, 2.75) is 140 Å². The lowest BCUT2D eigenvalue weighted by molar-refractivity contribution is -0.0530. The third-order valence-electron chi connectivity index (χ3n) is 9.24. The van der Waals surface area contributed by atoms with E-state index in [2.05, 4.69) is 11.9 Å². The molecule has 0 saturated carbocycles. The van der Waals surface area contributed by atoms with Crippen LogP contribution in [0.3, 0.4) is 0 Å². The molecule has 0 amide bonds. The van der Waals surface area contributed by atoms with Crippen LogP contribution in [0.2, 0.25) is 0 Å². The summed E-state index contributed by atoms with van der Waals surface area (Å²) in [6.45, 7) is 4.58. The van der Waals surface area contributed by atoms with E-state index in [1.807, 2.05) is 0 Å². The van der Waals surface area contributed by atoms with Crippen LogP contribution >= 0.6 is 7.60 Å². The van der Waals surface area contributed by atoms with Crippen molar-refractivity contribution in [2.24, 2.45) is 0 Å². The van der Waals surface area contributed by atoms with Crippen LogP contribution in [0.15, 0.2) is 17.1 Å². The number of ether oxygens (including phenoxy) is 2. The molecular weight excluding hydrogens is 655 g/mol. The molecule has 0 radical (unpaired) electrons. The van der Waals surface area contributed by atoms with E-state index in [-0.39, 0.29) is 44.8 Å². The fourth-order valence-corrected chi connectivity index (χ4v) is 7.88. The molecule has 0 spiro atoms. The lowest BCUT2D eigenvalue weighted by Gasteiger charge is -2.24. The molecule has 14 nitrogen and oxygen atoms in total. The molecular formula is C34H63N4O10P. The van der Waals surface area contributed by atoms with E-state index in [1.54, 1.807) is 4.90 Å². The number of aliphatic hydroxyl groups is 4. The van der Waals surface area contributed by atoms with Crippen molar-refractivity contribution >= 4 is 13.4 Å². The first-order chi connectivity index (χ1) is 23.6. The predicted octanol–water partition coefficient (Wildman–Crippen LogP) is 3.60. The number of nitrogens with zero attached hydrogens (tertiary/aromatic N) is 3. The molecule has 0 aromatic carbocycles. The molecule has 0 aliphatic carbocycles. The highest BCUT2D eigenvalue weighted by molar-refractivity contribution is 7.53. The minimum Gasteiger partial charge on any atom is -0.389 e. The van der Waals surface area contributed by atoms with Gasteiger partial charge in [-0.1, -0.05) is 84.0 Å². The molecule has 1 aromatic heterocycles. The number of β-amino-alcohol motifs (C(OH)–C–C–N with tert-alkyl or cyclic N) is 2. The van der Waals surface area contributed by atoms with E-state index in [4.69, 9.17) is 24.3 Å². The Morgan fingerprint density at radius 3 is 1.94 bits per heavy atom. The maximum Gasteiger partial charge on any atom is 0.351 e. The highest BCUT2D eigenvalue weighted by Gasteiger charge is 2.45. The fraction of sp³-hybridized carbons (Fsp3) is 0.882. The molecule has 6 N–H and O–H groups in total. The topological polar surface area (TPSA) is 199 Å². The maximum absolute atomic E-state index is 13.8. The zero-order chi connectivity index (χ0) is 35.5. The summed E-state index contributed by atoms with van der Waals surface area (Å²) in [5, 5.41) is 41.0. The monoisotopic (exact) mass is 718 g/mol. The van der Waals surface area contributed by atoms with Crippen molar-refractivity contribution in [3.8, 4) is 0 Å². The number of anilines is 1. The van der Waals surface area contributed by atoms with Gasteiger partial charge in [-0.2, -0.15) is 4.98 Å². The van der Waals surface area contributed by atoms with Gasteiger partial charge in [-0.25, -0.2) is 4.79 Å². The van der Waals surface area contributed by atoms with Crippen LogP contribution in [0, 0.1) is 0 Å². The molecule has 2 aliphatic heterocycles. The number of hydrogen-bond donors (Lipinski definition) is 5. The number of aliphatic hydroxyl groups excluding tert-OH is 4. The van der Waals surface area contributed by atoms with Crippen LogP contribution in [-0.4, -0.2) is 118 Å². The molecule has 2 aliphatic rings. The molecule has 0 bridgehead atoms. The normalized spacial score (nSPS) is 25.7. The number of rotatable bonds is 27. The molecule has 15 heteroatoms. The quantitative estimate of drug-likeness (QED) is 0.0654. The number of nitrogens with two attached hydrogens (primary N) is 1. The molecule has 1 unspecified atom stereocenters. The largest absolute Gasteiger partial charge is 0.389 e. The van der Waals surface area contributed by atoms with Gasteiger partial charge in [-0.15, -0.1) is 0 Å². The molecule has 7 atom stereocenters. The van der Waals surface area contributed by atoms with Gasteiger partial charge >= 0.3 is 13.3 Å². The number of likely N-dealkylation sites (tertiary alicyclic amines) is 1. The summed E-state index contributed by atoms with van der Waals surface area (Å²) in [7, 11) is -3.69. The fourth-order valence-electron chi connectivity index (χ4n) is 6.24. The van der Waals surface area contributed by atoms with Crippen LogP contribution in [0.5, 0.6) is 0 Å². The standard InChI is InChI=1S/C34H63N4O10P/c1-2-20-45-21-15-13-11-9-7-5-3-4-6-8-10-12-14-16-22-46-49(44,23-19-37-24-27(39)28(40)25-37)47-26-29-31(41)32(42)33(48-29)38-18-17-30(35)36-34(38)43/h17-18,27-29,31-33,39-42H,2-16,19-26H2,1H3,(H2,35,36,43)/t27-,28-,29-,31-,32-,33-,49?/m1/s1. The van der Waals surface area contributed by atoms with E-state index in [0.29, 0.717) is 0 Å². The Kier molecular flexibility index (Phi) is 19.9. The summed E-state index contributed by atoms with van der Waals surface area (Å²) < 4.78 is 37.7. The lowest BCUT2D eigenvalue weighted by Crippen LogP contribution is -2.36. The van der Waals surface area contributed by atoms with Gasteiger partial charge in [-0.05, 0) is 25.3 Å². The smallest absolute Gasteiger partial charge is 0.351 e. The van der Waals surface area contributed by atoms with Gasteiger partial charge in [0.2, 0.25) is 0 Å². The summed E-state index contributed by atoms with van der Waals surface area (Å²) in [4.78, 5) is 17.7. The molecule has 49 heavy (non-hydrogen) atoms. The molecule has 284 valence electrons. The van der Waals surface area contributed by atoms with Gasteiger partial charge in [0, 0.05) is 39.0 Å². The van der Waals surface area contributed by atoms with Crippen LogP contribution < -0.4 is 11.4 Å². The van der Waals surface area contributed by atoms with E-state index >= 15 is 0 Å². The summed E-state index contributed by atoms with van der Waals surface area (Å²) in [6.07, 6.45) is 12.1. The molecule has 3 rings (SSSR count). The minimum absolute atomic E-state index is 0.0105. The first kappa shape index (κ1) is 42.0. The average molecular weight is 719 g/mol. The zero-order valence-corrected chi connectivity index (χ0v) is 30.4. The van der Waals surface area contributed by atoms with Crippen LogP contribution in [0.25, 0.3) is 0 Å². The molecule has 2 saturated heterocycles. The first-order valence-electron chi connectivity index (χ1n) is 18.5. The SMILES string of the molecule is CCCOCCCCCCCCCCCCCCCCOP(=O)(CCN1C[C@@H](O)[C@H](O)C1)OC[C@H]1O[C@@H](n2ccc(N)nc2=O)[C@H](O)[C@@H]1O. The van der Waals surface area contributed by atoms with Crippen LogP contribution in [0.4, 0.5) is 5.82 Å². The van der Waals surface area contributed by atoms with Crippen molar-refractivity contribution in [2.75, 3.05) is 58.0 Å². The summed E-state index contributed by atoms with van der Waals surface area (Å²) in [6, 6.07) is 1.37. The van der Waals surface area contributed by atoms with Crippen molar-refractivity contribution in [3.63, 3.8) is 0 Å². The van der Waals surface area contributed by atoms with Gasteiger partial charge in [0.1, 0.15) is 24.1 Å². The Balaban J connectivity index is 1.32. The summed E-state index contributed by atoms with van der Waals surface area (Å²) >= 11 is 0. The van der Waals surface area contributed by atoms with E-state index in [0.717, 1.165) is 49.9 Å². The molecule has 3 heterocycles.